The van der Waals surface area contributed by atoms with E-state index in [9.17, 15) is 4.79 Å². The number of hydrogen-bond donors (Lipinski definition) is 1. The Morgan fingerprint density at radius 1 is 1.35 bits per heavy atom. The van der Waals surface area contributed by atoms with Crippen molar-refractivity contribution in [3.05, 3.63) is 36.0 Å². The number of carbonyl (C=O) groups is 1. The summed E-state index contributed by atoms with van der Waals surface area (Å²) in [4.78, 5) is 16.8. The summed E-state index contributed by atoms with van der Waals surface area (Å²) in [7, 11) is 1.81. The van der Waals surface area contributed by atoms with E-state index in [1.54, 1.807) is 4.68 Å². The van der Waals surface area contributed by atoms with Crippen LogP contribution in [0.15, 0.2) is 35.5 Å². The Hall–Kier alpha value is -2.28. The first-order chi connectivity index (χ1) is 11.1. The third kappa shape index (κ3) is 3.24. The van der Waals surface area contributed by atoms with Gasteiger partial charge in [0.2, 0.25) is 5.91 Å². The average molecular weight is 329 g/mol. The lowest BCUT2D eigenvalue weighted by atomic mass is 10.3. The van der Waals surface area contributed by atoms with E-state index in [2.05, 4.69) is 26.9 Å². The summed E-state index contributed by atoms with van der Waals surface area (Å²) in [5, 5.41) is 7.96. The molecule has 23 heavy (non-hydrogen) atoms. The van der Waals surface area contributed by atoms with Crippen molar-refractivity contribution in [2.45, 2.75) is 25.5 Å². The van der Waals surface area contributed by atoms with Crippen LogP contribution in [-0.2, 0) is 18.4 Å². The molecule has 0 aliphatic carbocycles. The molecule has 1 aromatic carbocycles. The van der Waals surface area contributed by atoms with Crippen molar-refractivity contribution in [1.82, 2.24) is 19.3 Å². The van der Waals surface area contributed by atoms with Crippen LogP contribution in [-0.4, -0.2) is 31.0 Å². The van der Waals surface area contributed by atoms with Crippen molar-refractivity contribution in [3.8, 4) is 0 Å². The lowest BCUT2D eigenvalue weighted by Gasteiger charge is -2.06. The van der Waals surface area contributed by atoms with Gasteiger partial charge >= 0.3 is 0 Å². The van der Waals surface area contributed by atoms with Crippen molar-refractivity contribution in [2.75, 3.05) is 11.1 Å². The lowest BCUT2D eigenvalue weighted by molar-refractivity contribution is -0.113. The number of amides is 1. The summed E-state index contributed by atoms with van der Waals surface area (Å²) < 4.78 is 3.79. The van der Waals surface area contributed by atoms with E-state index in [0.717, 1.165) is 28.4 Å². The van der Waals surface area contributed by atoms with Crippen LogP contribution >= 0.6 is 11.8 Å². The van der Waals surface area contributed by atoms with Gasteiger partial charge in [-0.3, -0.25) is 9.48 Å². The van der Waals surface area contributed by atoms with Crippen LogP contribution in [0.25, 0.3) is 11.0 Å². The number of fused-ring (bicyclic) bond motifs is 1. The van der Waals surface area contributed by atoms with Gasteiger partial charge in [-0.25, -0.2) is 4.98 Å². The number of hydrogen-bond acceptors (Lipinski definition) is 4. The topological polar surface area (TPSA) is 64.7 Å². The second-order valence-electron chi connectivity index (χ2n) is 5.26. The second-order valence-corrected chi connectivity index (χ2v) is 6.20. The molecule has 2 heterocycles. The summed E-state index contributed by atoms with van der Waals surface area (Å²) in [5.74, 6) is 0.956. The maximum Gasteiger partial charge on any atom is 0.235 e. The smallest absolute Gasteiger partial charge is 0.235 e. The number of nitrogens with one attached hydrogen (secondary N) is 1. The number of aromatic nitrogens is 4. The maximum absolute atomic E-state index is 12.2. The zero-order valence-corrected chi connectivity index (χ0v) is 14.2. The van der Waals surface area contributed by atoms with Gasteiger partial charge in [0.05, 0.1) is 22.5 Å². The van der Waals surface area contributed by atoms with Crippen LogP contribution < -0.4 is 5.32 Å². The number of carbonyl (C=O) groups excluding carboxylic acids is 1. The number of para-hydroxylation sites is 2. The minimum absolute atomic E-state index is 0.0623. The van der Waals surface area contributed by atoms with Crippen LogP contribution in [0.4, 0.5) is 5.82 Å². The summed E-state index contributed by atoms with van der Waals surface area (Å²) in [6.07, 6.45) is 0. The molecular weight excluding hydrogens is 310 g/mol. The minimum Gasteiger partial charge on any atom is -0.319 e. The highest BCUT2D eigenvalue weighted by molar-refractivity contribution is 7.99. The first-order valence-electron chi connectivity index (χ1n) is 7.47. The van der Waals surface area contributed by atoms with Gasteiger partial charge in [-0.2, -0.15) is 5.10 Å². The Bertz CT molecular complexity index is 851. The van der Waals surface area contributed by atoms with Gasteiger partial charge in [-0.05, 0) is 26.0 Å². The summed E-state index contributed by atoms with van der Waals surface area (Å²) in [6.45, 7) is 4.80. The van der Waals surface area contributed by atoms with Gasteiger partial charge in [0, 0.05) is 19.7 Å². The fraction of sp³-hybridized carbons (Fsp3) is 0.312. The SMILES string of the molecule is CCn1c(SCC(=O)Nc2cc(C)nn2C)nc2ccccc21. The van der Waals surface area contributed by atoms with E-state index in [-0.39, 0.29) is 5.91 Å². The highest BCUT2D eigenvalue weighted by atomic mass is 32.2. The standard InChI is InChI=1S/C16H19N5OS/c1-4-21-13-8-6-5-7-12(13)17-16(21)23-10-15(22)18-14-9-11(2)19-20(14)3/h5-9H,4,10H2,1-3H3,(H,18,22). The molecule has 1 amide bonds. The Labute approximate surface area is 138 Å². The number of anilines is 1. The third-order valence-corrected chi connectivity index (χ3v) is 4.51. The molecule has 0 bridgehead atoms. The number of thioether (sulfide) groups is 1. The summed E-state index contributed by atoms with van der Waals surface area (Å²) in [5.41, 5.74) is 2.93. The van der Waals surface area contributed by atoms with Crippen molar-refractivity contribution in [3.63, 3.8) is 0 Å². The monoisotopic (exact) mass is 329 g/mol. The Kier molecular flexibility index (Phi) is 4.38. The van der Waals surface area contributed by atoms with Crippen molar-refractivity contribution in [2.24, 2.45) is 7.05 Å². The van der Waals surface area contributed by atoms with Gasteiger partial charge in [-0.1, -0.05) is 23.9 Å². The molecule has 0 spiro atoms. The molecular formula is C16H19N5OS. The minimum atomic E-state index is -0.0623. The quantitative estimate of drug-likeness (QED) is 0.731. The van der Waals surface area contributed by atoms with Crippen LogP contribution in [0, 0.1) is 6.92 Å². The number of imidazole rings is 1. The predicted octanol–water partition coefficient (Wildman–Crippen LogP) is 2.83. The first-order valence-corrected chi connectivity index (χ1v) is 8.45. The van der Waals surface area contributed by atoms with Crippen molar-refractivity contribution < 1.29 is 4.79 Å². The zero-order chi connectivity index (χ0) is 16.4. The Morgan fingerprint density at radius 3 is 2.83 bits per heavy atom. The Balaban J connectivity index is 1.70. The number of benzene rings is 1. The van der Waals surface area contributed by atoms with Crippen molar-refractivity contribution >= 4 is 34.5 Å². The molecule has 1 N–H and O–H groups in total. The molecule has 0 saturated heterocycles. The average Bonchev–Trinajstić information content (AvgIpc) is 3.04. The van der Waals surface area contributed by atoms with Crippen molar-refractivity contribution in [1.29, 1.82) is 0 Å². The molecule has 0 atom stereocenters. The predicted molar refractivity (Wildman–Crippen MR) is 92.7 cm³/mol. The zero-order valence-electron chi connectivity index (χ0n) is 13.4. The molecule has 0 aliphatic rings. The van der Waals surface area contributed by atoms with E-state index < -0.39 is 0 Å². The molecule has 0 fully saturated rings. The molecule has 0 saturated carbocycles. The maximum atomic E-state index is 12.2. The third-order valence-electron chi connectivity index (χ3n) is 3.54. The number of rotatable bonds is 5. The molecule has 7 heteroatoms. The highest BCUT2D eigenvalue weighted by Gasteiger charge is 2.13. The largest absolute Gasteiger partial charge is 0.319 e. The van der Waals surface area contributed by atoms with E-state index >= 15 is 0 Å². The van der Waals surface area contributed by atoms with Crippen LogP contribution in [0.3, 0.4) is 0 Å². The lowest BCUT2D eigenvalue weighted by Crippen LogP contribution is -2.16. The van der Waals surface area contributed by atoms with Gasteiger partial charge in [0.25, 0.3) is 0 Å². The van der Waals surface area contributed by atoms with Gasteiger partial charge < -0.3 is 9.88 Å². The Morgan fingerprint density at radius 2 is 2.13 bits per heavy atom. The molecule has 0 aliphatic heterocycles. The van der Waals surface area contributed by atoms with E-state index in [1.165, 1.54) is 11.8 Å². The molecule has 120 valence electrons. The van der Waals surface area contributed by atoms with Crippen LogP contribution in [0.1, 0.15) is 12.6 Å². The first kappa shape index (κ1) is 15.6. The molecule has 2 aromatic heterocycles. The summed E-state index contributed by atoms with van der Waals surface area (Å²) >= 11 is 1.45. The highest BCUT2D eigenvalue weighted by Crippen LogP contribution is 2.24. The molecule has 6 nitrogen and oxygen atoms in total. The second kappa shape index (κ2) is 6.45. The van der Waals surface area contributed by atoms with Crippen LogP contribution in [0.5, 0.6) is 0 Å². The number of nitrogens with zero attached hydrogens (tertiary/aromatic N) is 4. The van der Waals surface area contributed by atoms with Gasteiger partial charge in [-0.15, -0.1) is 0 Å². The summed E-state index contributed by atoms with van der Waals surface area (Å²) in [6, 6.07) is 9.87. The van der Waals surface area contributed by atoms with E-state index in [1.807, 2.05) is 44.3 Å². The molecule has 0 unspecified atom stereocenters. The van der Waals surface area contributed by atoms with Gasteiger partial charge in [0.15, 0.2) is 5.16 Å². The fourth-order valence-electron chi connectivity index (χ4n) is 2.51. The van der Waals surface area contributed by atoms with Gasteiger partial charge in [0.1, 0.15) is 5.82 Å². The van der Waals surface area contributed by atoms with Crippen LogP contribution in [0.2, 0.25) is 0 Å². The van der Waals surface area contributed by atoms with E-state index in [0.29, 0.717) is 11.6 Å². The molecule has 3 rings (SSSR count). The molecule has 0 radical (unpaired) electrons. The molecule has 3 aromatic rings. The number of aryl methyl sites for hydroxylation is 3. The normalized spacial score (nSPS) is 11.1. The fourth-order valence-corrected chi connectivity index (χ4v) is 3.38. The van der Waals surface area contributed by atoms with E-state index in [4.69, 9.17) is 0 Å².